The lowest BCUT2D eigenvalue weighted by Gasteiger charge is -2.15. The Labute approximate surface area is 129 Å². The highest BCUT2D eigenvalue weighted by molar-refractivity contribution is 7.89. The highest BCUT2D eigenvalue weighted by Gasteiger charge is 2.19. The van der Waals surface area contributed by atoms with Gasteiger partial charge in [-0.1, -0.05) is 11.6 Å². The molecule has 1 aliphatic heterocycles. The molecular weight excluding hydrogens is 314 g/mol. The van der Waals surface area contributed by atoms with Gasteiger partial charge in [-0.15, -0.1) is 0 Å². The predicted octanol–water partition coefficient (Wildman–Crippen LogP) is 1.21. The molecule has 0 unspecified atom stereocenters. The Hall–Kier alpha value is -1.31. The van der Waals surface area contributed by atoms with Crippen molar-refractivity contribution in [1.82, 2.24) is 9.62 Å². The molecule has 0 bridgehead atoms. The van der Waals surface area contributed by atoms with Gasteiger partial charge in [0.1, 0.15) is 0 Å². The van der Waals surface area contributed by atoms with Crippen molar-refractivity contribution in [2.75, 3.05) is 25.4 Å². The second-order valence-electron chi connectivity index (χ2n) is 4.92. The smallest absolute Gasteiger partial charge is 0.240 e. The number of sulfonamides is 1. The van der Waals surface area contributed by atoms with Gasteiger partial charge in [-0.3, -0.25) is 4.79 Å². The Morgan fingerprint density at radius 1 is 1.33 bits per heavy atom. The molecule has 1 amide bonds. The summed E-state index contributed by atoms with van der Waals surface area (Å²) in [7, 11) is -3.68. The molecule has 1 fully saturated rings. The first-order chi connectivity index (χ1) is 9.90. The van der Waals surface area contributed by atoms with Crippen LogP contribution in [0.1, 0.15) is 19.3 Å². The van der Waals surface area contributed by atoms with Crippen molar-refractivity contribution in [3.05, 3.63) is 23.2 Å². The Balaban J connectivity index is 1.91. The molecule has 1 aromatic rings. The predicted molar refractivity (Wildman–Crippen MR) is 81.5 cm³/mol. The first-order valence-corrected chi connectivity index (χ1v) is 8.59. The summed E-state index contributed by atoms with van der Waals surface area (Å²) in [6.07, 6.45) is 2.19. The zero-order valence-electron chi connectivity index (χ0n) is 11.5. The first kappa shape index (κ1) is 16.1. The largest absolute Gasteiger partial charge is 0.397 e. The van der Waals surface area contributed by atoms with E-state index in [9.17, 15) is 13.2 Å². The maximum atomic E-state index is 12.1. The fourth-order valence-electron chi connectivity index (χ4n) is 2.19. The lowest BCUT2D eigenvalue weighted by molar-refractivity contribution is -0.129. The maximum Gasteiger partial charge on any atom is 0.240 e. The first-order valence-electron chi connectivity index (χ1n) is 6.72. The fourth-order valence-corrected chi connectivity index (χ4v) is 3.37. The molecule has 0 saturated carbocycles. The zero-order valence-corrected chi connectivity index (χ0v) is 13.1. The molecule has 1 heterocycles. The number of amides is 1. The molecule has 116 valence electrons. The standard InChI is InChI=1S/C13H18ClN3O3S/c14-11-4-3-10(9-12(11)15)21(19,20)16-6-5-13(18)17-7-1-2-8-17/h3-4,9,16H,1-2,5-8,15H2. The number of carbonyl (C=O) groups excluding carboxylic acids is 1. The number of nitrogens with two attached hydrogens (primary N) is 1. The lowest BCUT2D eigenvalue weighted by Crippen LogP contribution is -2.32. The molecule has 1 aromatic carbocycles. The summed E-state index contributed by atoms with van der Waals surface area (Å²) in [5.41, 5.74) is 5.79. The second-order valence-corrected chi connectivity index (χ2v) is 7.09. The topological polar surface area (TPSA) is 92.5 Å². The summed E-state index contributed by atoms with van der Waals surface area (Å²) in [5, 5.41) is 0.304. The molecule has 0 spiro atoms. The summed E-state index contributed by atoms with van der Waals surface area (Å²) >= 11 is 5.76. The van der Waals surface area contributed by atoms with Crippen LogP contribution in [0.15, 0.2) is 23.1 Å². The fraction of sp³-hybridized carbons (Fsp3) is 0.462. The minimum Gasteiger partial charge on any atom is -0.397 e. The van der Waals surface area contributed by atoms with E-state index in [2.05, 4.69) is 4.72 Å². The van der Waals surface area contributed by atoms with E-state index in [4.69, 9.17) is 17.3 Å². The van der Waals surface area contributed by atoms with Crippen LogP contribution in [-0.4, -0.2) is 38.9 Å². The van der Waals surface area contributed by atoms with Gasteiger partial charge < -0.3 is 10.6 Å². The quantitative estimate of drug-likeness (QED) is 0.793. The number of nitrogens with one attached hydrogen (secondary N) is 1. The van der Waals surface area contributed by atoms with Gasteiger partial charge in [-0.25, -0.2) is 13.1 Å². The van der Waals surface area contributed by atoms with Gasteiger partial charge in [-0.2, -0.15) is 0 Å². The molecule has 2 rings (SSSR count). The SMILES string of the molecule is Nc1cc(S(=O)(=O)NCCC(=O)N2CCCC2)ccc1Cl. The number of anilines is 1. The number of nitrogens with zero attached hydrogens (tertiary/aromatic N) is 1. The van der Waals surface area contributed by atoms with E-state index in [1.54, 1.807) is 4.90 Å². The van der Waals surface area contributed by atoms with Crippen LogP contribution in [0.25, 0.3) is 0 Å². The Morgan fingerprint density at radius 2 is 2.00 bits per heavy atom. The number of carbonyl (C=O) groups is 1. The van der Waals surface area contributed by atoms with E-state index < -0.39 is 10.0 Å². The van der Waals surface area contributed by atoms with Crippen LogP contribution < -0.4 is 10.5 Å². The molecule has 0 aromatic heterocycles. The van der Waals surface area contributed by atoms with Crippen LogP contribution in [0.5, 0.6) is 0 Å². The summed E-state index contributed by atoms with van der Waals surface area (Å²) in [5.74, 6) is -0.0224. The van der Waals surface area contributed by atoms with E-state index in [1.165, 1.54) is 18.2 Å². The van der Waals surface area contributed by atoms with Crippen LogP contribution in [0.3, 0.4) is 0 Å². The normalized spacial score (nSPS) is 15.4. The molecule has 0 atom stereocenters. The minimum absolute atomic E-state index is 0.0224. The third-order valence-corrected chi connectivity index (χ3v) is 5.17. The molecule has 8 heteroatoms. The Kier molecular flexibility index (Phi) is 5.08. The molecule has 0 radical (unpaired) electrons. The minimum atomic E-state index is -3.68. The zero-order chi connectivity index (χ0) is 15.5. The van der Waals surface area contributed by atoms with Crippen molar-refractivity contribution < 1.29 is 13.2 Å². The highest BCUT2D eigenvalue weighted by Crippen LogP contribution is 2.22. The van der Waals surface area contributed by atoms with Gasteiger partial charge in [-0.05, 0) is 31.0 Å². The summed E-state index contributed by atoms with van der Waals surface area (Å²) in [6.45, 7) is 1.60. The summed E-state index contributed by atoms with van der Waals surface area (Å²) < 4.78 is 26.5. The number of halogens is 1. The number of benzene rings is 1. The monoisotopic (exact) mass is 331 g/mol. The van der Waals surface area contributed by atoms with Crippen molar-refractivity contribution in [2.24, 2.45) is 0 Å². The van der Waals surface area contributed by atoms with Crippen LogP contribution >= 0.6 is 11.6 Å². The second kappa shape index (κ2) is 6.64. The molecule has 1 saturated heterocycles. The van der Waals surface area contributed by atoms with E-state index in [0.29, 0.717) is 5.02 Å². The maximum absolute atomic E-state index is 12.1. The van der Waals surface area contributed by atoms with Crippen LogP contribution in [0.4, 0.5) is 5.69 Å². The third kappa shape index (κ3) is 4.09. The van der Waals surface area contributed by atoms with Gasteiger partial charge in [0.05, 0.1) is 15.6 Å². The highest BCUT2D eigenvalue weighted by atomic mass is 35.5. The third-order valence-electron chi connectivity index (χ3n) is 3.37. The van der Waals surface area contributed by atoms with Crippen molar-refractivity contribution in [2.45, 2.75) is 24.2 Å². The van der Waals surface area contributed by atoms with Gasteiger partial charge in [0.15, 0.2) is 0 Å². The molecule has 6 nitrogen and oxygen atoms in total. The van der Waals surface area contributed by atoms with E-state index in [1.807, 2.05) is 0 Å². The number of nitrogen functional groups attached to an aromatic ring is 1. The number of rotatable bonds is 5. The summed E-state index contributed by atoms with van der Waals surface area (Å²) in [6, 6.07) is 4.11. The average Bonchev–Trinajstić information content (AvgIpc) is 2.95. The van der Waals surface area contributed by atoms with Gasteiger partial charge in [0, 0.05) is 26.1 Å². The number of likely N-dealkylation sites (tertiary alicyclic amines) is 1. The summed E-state index contributed by atoms with van der Waals surface area (Å²) in [4.78, 5) is 13.6. The van der Waals surface area contributed by atoms with Crippen molar-refractivity contribution in [3.8, 4) is 0 Å². The van der Waals surface area contributed by atoms with Crippen molar-refractivity contribution in [1.29, 1.82) is 0 Å². The average molecular weight is 332 g/mol. The van der Waals surface area contributed by atoms with Gasteiger partial charge in [0.25, 0.3) is 0 Å². The van der Waals surface area contributed by atoms with Crippen molar-refractivity contribution in [3.63, 3.8) is 0 Å². The number of hydrogen-bond donors (Lipinski definition) is 2. The van der Waals surface area contributed by atoms with Crippen molar-refractivity contribution >= 4 is 33.2 Å². The molecule has 3 N–H and O–H groups in total. The van der Waals surface area contributed by atoms with Crippen LogP contribution in [-0.2, 0) is 14.8 Å². The Morgan fingerprint density at radius 3 is 2.62 bits per heavy atom. The van der Waals surface area contributed by atoms with E-state index in [-0.39, 0.29) is 29.5 Å². The van der Waals surface area contributed by atoms with Crippen LogP contribution in [0.2, 0.25) is 5.02 Å². The molecule has 21 heavy (non-hydrogen) atoms. The molecular formula is C13H18ClN3O3S. The van der Waals surface area contributed by atoms with Gasteiger partial charge in [0.2, 0.25) is 15.9 Å². The molecule has 0 aliphatic carbocycles. The Bertz CT molecular complexity index is 628. The molecule has 1 aliphatic rings. The van der Waals surface area contributed by atoms with Crippen LogP contribution in [0, 0.1) is 0 Å². The number of hydrogen-bond acceptors (Lipinski definition) is 4. The lowest BCUT2D eigenvalue weighted by atomic mass is 10.3. The van der Waals surface area contributed by atoms with E-state index in [0.717, 1.165) is 25.9 Å². The van der Waals surface area contributed by atoms with E-state index >= 15 is 0 Å². The van der Waals surface area contributed by atoms with Gasteiger partial charge >= 0.3 is 0 Å².